The van der Waals surface area contributed by atoms with Gasteiger partial charge in [0.2, 0.25) is 11.1 Å². The SMILES string of the molecule is Nc1nc2c(ncn2CCOCP(=O)(OCCSC(=O)c2ccccc2)OCc2ccccc2)c(=O)[nH]1. The molecule has 2 aromatic heterocycles. The van der Waals surface area contributed by atoms with Crippen molar-refractivity contribution in [2.45, 2.75) is 13.2 Å². The van der Waals surface area contributed by atoms with E-state index in [1.165, 1.54) is 6.33 Å². The molecule has 3 N–H and O–H groups in total. The summed E-state index contributed by atoms with van der Waals surface area (Å²) in [6.45, 7) is 0.530. The summed E-state index contributed by atoms with van der Waals surface area (Å²) in [5.41, 5.74) is 7.10. The summed E-state index contributed by atoms with van der Waals surface area (Å²) >= 11 is 1.08. The molecule has 11 nitrogen and oxygen atoms in total. The normalized spacial score (nSPS) is 13.0. The molecule has 4 aromatic rings. The van der Waals surface area contributed by atoms with Crippen LogP contribution in [0.25, 0.3) is 11.2 Å². The maximum atomic E-state index is 13.4. The van der Waals surface area contributed by atoms with Crippen LogP contribution in [0.1, 0.15) is 15.9 Å². The van der Waals surface area contributed by atoms with Gasteiger partial charge in [-0.1, -0.05) is 72.4 Å². The molecule has 194 valence electrons. The highest BCUT2D eigenvalue weighted by Crippen LogP contribution is 2.49. The molecule has 0 aliphatic carbocycles. The molecule has 0 fully saturated rings. The molecule has 0 saturated heterocycles. The molecule has 0 radical (unpaired) electrons. The van der Waals surface area contributed by atoms with E-state index in [0.717, 1.165) is 17.3 Å². The summed E-state index contributed by atoms with van der Waals surface area (Å²) in [5, 5.41) is -0.0962. The first-order valence-corrected chi connectivity index (χ1v) is 14.1. The van der Waals surface area contributed by atoms with Crippen molar-refractivity contribution in [3.63, 3.8) is 0 Å². The molecule has 2 heterocycles. The number of H-pyrrole nitrogens is 1. The van der Waals surface area contributed by atoms with Crippen LogP contribution in [0.15, 0.2) is 71.8 Å². The predicted octanol–water partition coefficient (Wildman–Crippen LogP) is 3.68. The van der Waals surface area contributed by atoms with Crippen LogP contribution in [-0.4, -0.2) is 49.9 Å². The lowest BCUT2D eigenvalue weighted by molar-refractivity contribution is 0.108. The Labute approximate surface area is 216 Å². The number of fused-ring (bicyclic) bond motifs is 1. The number of carbonyl (C=O) groups is 1. The topological polar surface area (TPSA) is 151 Å². The van der Waals surface area contributed by atoms with E-state index in [0.29, 0.717) is 17.0 Å². The van der Waals surface area contributed by atoms with Crippen LogP contribution in [0.5, 0.6) is 0 Å². The summed E-state index contributed by atoms with van der Waals surface area (Å²) in [6.07, 6.45) is 1.17. The van der Waals surface area contributed by atoms with Gasteiger partial charge in [-0.05, 0) is 5.56 Å². The van der Waals surface area contributed by atoms with E-state index in [1.807, 2.05) is 36.4 Å². The number of thioether (sulfide) groups is 1. The Bertz CT molecular complexity index is 1430. The van der Waals surface area contributed by atoms with Gasteiger partial charge in [0.1, 0.15) is 6.35 Å². The molecule has 4 rings (SSSR count). The molecule has 0 aliphatic rings. The number of aromatic nitrogens is 4. The summed E-state index contributed by atoms with van der Waals surface area (Å²) in [5.74, 6) is 0.283. The first-order valence-electron chi connectivity index (χ1n) is 11.4. The van der Waals surface area contributed by atoms with Gasteiger partial charge < -0.3 is 24.1 Å². The molecule has 1 unspecified atom stereocenters. The number of nitrogens with two attached hydrogens (primary N) is 1. The van der Waals surface area contributed by atoms with Gasteiger partial charge in [0, 0.05) is 17.9 Å². The quantitative estimate of drug-likeness (QED) is 0.189. The number of hydrogen-bond acceptors (Lipinski definition) is 10. The van der Waals surface area contributed by atoms with E-state index in [4.69, 9.17) is 19.5 Å². The molecule has 1 atom stereocenters. The average molecular weight is 544 g/mol. The van der Waals surface area contributed by atoms with Crippen molar-refractivity contribution in [1.82, 2.24) is 19.5 Å². The molecular formula is C24H26N5O6PS. The van der Waals surface area contributed by atoms with Gasteiger partial charge in [-0.3, -0.25) is 19.1 Å². The van der Waals surface area contributed by atoms with Gasteiger partial charge >= 0.3 is 7.60 Å². The van der Waals surface area contributed by atoms with Crippen LogP contribution in [0.2, 0.25) is 0 Å². The smallest absolute Gasteiger partial charge is 0.356 e. The number of rotatable bonds is 13. The first-order chi connectivity index (χ1) is 17.9. The van der Waals surface area contributed by atoms with E-state index < -0.39 is 13.2 Å². The minimum Gasteiger partial charge on any atom is -0.369 e. The van der Waals surface area contributed by atoms with E-state index in [-0.39, 0.29) is 49.3 Å². The van der Waals surface area contributed by atoms with E-state index >= 15 is 0 Å². The monoisotopic (exact) mass is 543 g/mol. The molecule has 0 spiro atoms. The lowest BCUT2D eigenvalue weighted by Gasteiger charge is -2.19. The second-order valence-corrected chi connectivity index (χ2v) is 10.9. The predicted molar refractivity (Wildman–Crippen MR) is 141 cm³/mol. The van der Waals surface area contributed by atoms with Crippen LogP contribution in [0, 0.1) is 0 Å². The van der Waals surface area contributed by atoms with Gasteiger partial charge in [-0.2, -0.15) is 4.98 Å². The minimum atomic E-state index is -3.65. The maximum Gasteiger partial charge on any atom is 0.356 e. The number of nitrogens with one attached hydrogen (secondary N) is 1. The Morgan fingerprint density at radius 2 is 1.78 bits per heavy atom. The maximum absolute atomic E-state index is 13.4. The van der Waals surface area contributed by atoms with Gasteiger partial charge in [0.15, 0.2) is 11.2 Å². The number of nitrogen functional groups attached to an aromatic ring is 1. The van der Waals surface area contributed by atoms with Gasteiger partial charge in [-0.25, -0.2) is 4.98 Å². The van der Waals surface area contributed by atoms with Crippen molar-refractivity contribution in [3.05, 3.63) is 88.5 Å². The van der Waals surface area contributed by atoms with Crippen LogP contribution < -0.4 is 11.3 Å². The van der Waals surface area contributed by atoms with Crippen molar-refractivity contribution in [3.8, 4) is 0 Å². The zero-order valence-electron chi connectivity index (χ0n) is 19.8. The largest absolute Gasteiger partial charge is 0.369 e. The van der Waals surface area contributed by atoms with Gasteiger partial charge in [0.05, 0.1) is 26.1 Å². The molecule has 0 amide bonds. The Morgan fingerprint density at radius 1 is 1.05 bits per heavy atom. The third-order valence-corrected chi connectivity index (χ3v) is 7.57. The highest BCUT2D eigenvalue weighted by molar-refractivity contribution is 8.14. The zero-order valence-corrected chi connectivity index (χ0v) is 21.5. The van der Waals surface area contributed by atoms with Crippen molar-refractivity contribution < 1.29 is 23.1 Å². The number of aromatic amines is 1. The fourth-order valence-corrected chi connectivity index (χ4v) is 5.37. The highest BCUT2D eigenvalue weighted by atomic mass is 32.2. The number of ether oxygens (including phenoxy) is 1. The van der Waals surface area contributed by atoms with Crippen molar-refractivity contribution in [2.24, 2.45) is 0 Å². The number of benzene rings is 2. The van der Waals surface area contributed by atoms with E-state index in [1.54, 1.807) is 28.8 Å². The first kappa shape index (κ1) is 26.8. The Morgan fingerprint density at radius 3 is 2.54 bits per heavy atom. The Balaban J connectivity index is 1.32. The van der Waals surface area contributed by atoms with Crippen LogP contribution in [-0.2, 0) is 31.5 Å². The second-order valence-electron chi connectivity index (χ2n) is 7.80. The second kappa shape index (κ2) is 12.8. The molecule has 37 heavy (non-hydrogen) atoms. The Kier molecular flexibility index (Phi) is 9.26. The number of imidazole rings is 1. The minimum absolute atomic E-state index is 0.0176. The highest BCUT2D eigenvalue weighted by Gasteiger charge is 2.26. The summed E-state index contributed by atoms with van der Waals surface area (Å²) in [6, 6.07) is 18.2. The summed E-state index contributed by atoms with van der Waals surface area (Å²) in [7, 11) is -3.65. The van der Waals surface area contributed by atoms with E-state index in [9.17, 15) is 14.2 Å². The molecule has 0 saturated carbocycles. The summed E-state index contributed by atoms with van der Waals surface area (Å²) in [4.78, 5) is 34.8. The molecular weight excluding hydrogens is 517 g/mol. The van der Waals surface area contributed by atoms with Gasteiger partial charge in [0.25, 0.3) is 5.56 Å². The number of carbonyl (C=O) groups excluding carboxylic acids is 1. The lowest BCUT2D eigenvalue weighted by atomic mass is 10.2. The number of hydrogen-bond donors (Lipinski definition) is 2. The molecule has 2 aromatic carbocycles. The van der Waals surface area contributed by atoms with E-state index in [2.05, 4.69) is 15.0 Å². The standard InChI is InChI=1S/C24H26N5O6PS/c25-24-27-21-20(22(30)28-24)26-16-29(21)11-12-33-17-36(32,35-15-18-7-3-1-4-8-18)34-13-14-37-23(31)19-9-5-2-6-10-19/h1-10,16H,11-15,17H2,(H3,25,27,28,30). The third-order valence-electron chi connectivity index (χ3n) is 5.10. The number of nitrogens with zero attached hydrogens (tertiary/aromatic N) is 3. The molecule has 0 aliphatic heterocycles. The van der Waals surface area contributed by atoms with Gasteiger partial charge in [-0.15, -0.1) is 0 Å². The fraction of sp³-hybridized carbons (Fsp3) is 0.250. The van der Waals surface area contributed by atoms with Crippen LogP contribution in [0.3, 0.4) is 0 Å². The van der Waals surface area contributed by atoms with Crippen LogP contribution in [0.4, 0.5) is 5.95 Å². The van der Waals surface area contributed by atoms with Crippen molar-refractivity contribution >= 4 is 41.6 Å². The fourth-order valence-electron chi connectivity index (χ4n) is 3.30. The average Bonchev–Trinajstić information content (AvgIpc) is 3.32. The van der Waals surface area contributed by atoms with Crippen molar-refractivity contribution in [1.29, 1.82) is 0 Å². The molecule has 0 bridgehead atoms. The van der Waals surface area contributed by atoms with Crippen LogP contribution >= 0.6 is 19.4 Å². The number of anilines is 1. The lowest BCUT2D eigenvalue weighted by Crippen LogP contribution is -2.13. The van der Waals surface area contributed by atoms with Crippen molar-refractivity contribution in [2.75, 3.05) is 31.0 Å². The molecule has 13 heteroatoms. The third kappa shape index (κ3) is 7.61. The Hall–Kier alpha value is -3.28. The zero-order chi connectivity index (χ0) is 26.1. The summed E-state index contributed by atoms with van der Waals surface area (Å²) < 4.78 is 31.9.